The van der Waals surface area contributed by atoms with Gasteiger partial charge in [-0.15, -0.1) is 0 Å². The number of piperidine rings is 1. The third-order valence-electron chi connectivity index (χ3n) is 4.69. The molecule has 4 heteroatoms. The summed E-state index contributed by atoms with van der Waals surface area (Å²) >= 11 is 0. The van der Waals surface area contributed by atoms with Crippen LogP contribution in [0.15, 0.2) is 0 Å². The number of nitrogens with zero attached hydrogens (tertiary/aromatic N) is 2. The van der Waals surface area contributed by atoms with E-state index in [9.17, 15) is 4.79 Å². The second kappa shape index (κ2) is 7.99. The molecule has 2 atom stereocenters. The van der Waals surface area contributed by atoms with E-state index in [0.717, 1.165) is 38.8 Å². The molecular weight excluding hydrogens is 250 g/mol. The topological polar surface area (TPSA) is 35.6 Å². The van der Waals surface area contributed by atoms with Gasteiger partial charge in [-0.2, -0.15) is 0 Å². The van der Waals surface area contributed by atoms with Gasteiger partial charge in [0.1, 0.15) is 0 Å². The van der Waals surface area contributed by atoms with Crippen molar-refractivity contribution in [3.05, 3.63) is 0 Å². The summed E-state index contributed by atoms with van der Waals surface area (Å²) in [6.45, 7) is 8.72. The fourth-order valence-corrected chi connectivity index (χ4v) is 3.40. The number of amides is 1. The SMILES string of the molecule is CCCCC1NC(CC)N(CCN2CCCCC2)C1=O. The summed E-state index contributed by atoms with van der Waals surface area (Å²) < 4.78 is 0. The van der Waals surface area contributed by atoms with Gasteiger partial charge in [-0.3, -0.25) is 10.1 Å². The summed E-state index contributed by atoms with van der Waals surface area (Å²) in [6, 6.07) is 0.0706. The molecule has 0 spiro atoms. The van der Waals surface area contributed by atoms with Gasteiger partial charge in [-0.1, -0.05) is 33.1 Å². The van der Waals surface area contributed by atoms with Gasteiger partial charge in [0, 0.05) is 13.1 Å². The molecule has 2 heterocycles. The van der Waals surface area contributed by atoms with Crippen LogP contribution in [-0.4, -0.2) is 54.1 Å². The molecule has 20 heavy (non-hydrogen) atoms. The Kier molecular flexibility index (Phi) is 6.30. The minimum absolute atomic E-state index is 0.0706. The van der Waals surface area contributed by atoms with Crippen LogP contribution in [0.1, 0.15) is 58.8 Å². The number of unbranched alkanes of at least 4 members (excludes halogenated alkanes) is 1. The van der Waals surface area contributed by atoms with E-state index in [0.29, 0.717) is 5.91 Å². The second-order valence-corrected chi connectivity index (χ2v) is 6.22. The maximum atomic E-state index is 12.5. The maximum Gasteiger partial charge on any atom is 0.241 e. The summed E-state index contributed by atoms with van der Waals surface area (Å²) in [5.41, 5.74) is 0. The Labute approximate surface area is 123 Å². The van der Waals surface area contributed by atoms with Crippen LogP contribution >= 0.6 is 0 Å². The molecular formula is C16H31N3O. The van der Waals surface area contributed by atoms with Crippen LogP contribution < -0.4 is 5.32 Å². The highest BCUT2D eigenvalue weighted by Gasteiger charge is 2.37. The fraction of sp³-hybridized carbons (Fsp3) is 0.938. The molecule has 0 saturated carbocycles. The lowest BCUT2D eigenvalue weighted by Crippen LogP contribution is -2.43. The molecule has 116 valence electrons. The van der Waals surface area contributed by atoms with E-state index < -0.39 is 0 Å². The van der Waals surface area contributed by atoms with Crippen molar-refractivity contribution in [2.24, 2.45) is 0 Å². The van der Waals surface area contributed by atoms with E-state index in [4.69, 9.17) is 0 Å². The number of rotatable bonds is 7. The van der Waals surface area contributed by atoms with Crippen molar-refractivity contribution in [3.8, 4) is 0 Å². The lowest BCUT2D eigenvalue weighted by atomic mass is 10.1. The molecule has 0 aromatic carbocycles. The third-order valence-corrected chi connectivity index (χ3v) is 4.69. The van der Waals surface area contributed by atoms with Gasteiger partial charge in [-0.05, 0) is 38.8 Å². The van der Waals surface area contributed by atoms with Gasteiger partial charge in [-0.25, -0.2) is 0 Å². The van der Waals surface area contributed by atoms with Crippen molar-refractivity contribution in [1.82, 2.24) is 15.1 Å². The van der Waals surface area contributed by atoms with Crippen LogP contribution in [0.2, 0.25) is 0 Å². The monoisotopic (exact) mass is 281 g/mol. The molecule has 2 saturated heterocycles. The lowest BCUT2D eigenvalue weighted by Gasteiger charge is -2.30. The maximum absolute atomic E-state index is 12.5. The van der Waals surface area contributed by atoms with Gasteiger partial charge < -0.3 is 9.80 Å². The van der Waals surface area contributed by atoms with Crippen LogP contribution in [0, 0.1) is 0 Å². The Hall–Kier alpha value is -0.610. The summed E-state index contributed by atoms with van der Waals surface area (Å²) in [6.07, 6.45) is 8.58. The van der Waals surface area contributed by atoms with Crippen LogP contribution in [0.25, 0.3) is 0 Å². The summed E-state index contributed by atoms with van der Waals surface area (Å²) in [5.74, 6) is 0.335. The standard InChI is InChI=1S/C16H31N3O/c1-3-5-9-14-16(20)19(15(4-2)17-14)13-12-18-10-7-6-8-11-18/h14-15,17H,3-13H2,1-2H3. The molecule has 0 bridgehead atoms. The largest absolute Gasteiger partial charge is 0.325 e. The number of hydrogen-bond acceptors (Lipinski definition) is 3. The van der Waals surface area contributed by atoms with Crippen LogP contribution in [0.5, 0.6) is 0 Å². The molecule has 2 unspecified atom stereocenters. The van der Waals surface area contributed by atoms with E-state index in [1.54, 1.807) is 0 Å². The van der Waals surface area contributed by atoms with Crippen molar-refractivity contribution >= 4 is 5.91 Å². The second-order valence-electron chi connectivity index (χ2n) is 6.22. The molecule has 0 aromatic heterocycles. The number of nitrogens with one attached hydrogen (secondary N) is 1. The van der Waals surface area contributed by atoms with Gasteiger partial charge in [0.2, 0.25) is 5.91 Å². The first kappa shape index (κ1) is 15.8. The van der Waals surface area contributed by atoms with Crippen LogP contribution in [0.3, 0.4) is 0 Å². The summed E-state index contributed by atoms with van der Waals surface area (Å²) in [7, 11) is 0. The molecule has 1 N–H and O–H groups in total. The molecule has 0 aliphatic carbocycles. The highest BCUT2D eigenvalue weighted by atomic mass is 16.2. The number of carbonyl (C=O) groups is 1. The van der Waals surface area contributed by atoms with E-state index >= 15 is 0 Å². The minimum atomic E-state index is 0.0706. The van der Waals surface area contributed by atoms with Crippen molar-refractivity contribution in [2.75, 3.05) is 26.2 Å². The predicted molar refractivity (Wildman–Crippen MR) is 82.5 cm³/mol. The molecule has 2 rings (SSSR count). The minimum Gasteiger partial charge on any atom is -0.325 e. The lowest BCUT2D eigenvalue weighted by molar-refractivity contribution is -0.130. The zero-order chi connectivity index (χ0) is 14.4. The predicted octanol–water partition coefficient (Wildman–Crippen LogP) is 2.20. The van der Waals surface area contributed by atoms with Gasteiger partial charge in [0.25, 0.3) is 0 Å². The molecule has 0 aromatic rings. The Morgan fingerprint density at radius 2 is 1.90 bits per heavy atom. The first-order valence-corrected chi connectivity index (χ1v) is 8.55. The van der Waals surface area contributed by atoms with Gasteiger partial charge >= 0.3 is 0 Å². The highest BCUT2D eigenvalue weighted by Crippen LogP contribution is 2.18. The number of carbonyl (C=O) groups excluding carboxylic acids is 1. The van der Waals surface area contributed by atoms with E-state index in [1.807, 2.05) is 0 Å². The number of likely N-dealkylation sites (tertiary alicyclic amines) is 1. The molecule has 2 fully saturated rings. The van der Waals surface area contributed by atoms with E-state index in [1.165, 1.54) is 32.4 Å². The van der Waals surface area contributed by atoms with Crippen LogP contribution in [-0.2, 0) is 4.79 Å². The molecule has 2 aliphatic heterocycles. The Morgan fingerprint density at radius 3 is 2.55 bits per heavy atom. The zero-order valence-electron chi connectivity index (χ0n) is 13.2. The smallest absolute Gasteiger partial charge is 0.241 e. The average Bonchev–Trinajstić information content (AvgIpc) is 2.80. The molecule has 2 aliphatic rings. The Bertz CT molecular complexity index is 302. The van der Waals surface area contributed by atoms with Gasteiger partial charge in [0.05, 0.1) is 12.2 Å². The first-order chi connectivity index (χ1) is 9.76. The fourth-order valence-electron chi connectivity index (χ4n) is 3.40. The highest BCUT2D eigenvalue weighted by molar-refractivity contribution is 5.84. The van der Waals surface area contributed by atoms with Gasteiger partial charge in [0.15, 0.2) is 0 Å². The third kappa shape index (κ3) is 3.95. The van der Waals surface area contributed by atoms with Crippen molar-refractivity contribution < 1.29 is 4.79 Å². The quantitative estimate of drug-likeness (QED) is 0.777. The Morgan fingerprint density at radius 1 is 1.15 bits per heavy atom. The normalized spacial score (nSPS) is 28.3. The van der Waals surface area contributed by atoms with E-state index in [-0.39, 0.29) is 12.2 Å². The average molecular weight is 281 g/mol. The molecule has 4 nitrogen and oxygen atoms in total. The molecule has 0 radical (unpaired) electrons. The Balaban J connectivity index is 1.82. The van der Waals surface area contributed by atoms with E-state index in [2.05, 4.69) is 29.0 Å². The van der Waals surface area contributed by atoms with Crippen LogP contribution in [0.4, 0.5) is 0 Å². The number of hydrogen-bond donors (Lipinski definition) is 1. The first-order valence-electron chi connectivity index (χ1n) is 8.55. The van der Waals surface area contributed by atoms with Crippen molar-refractivity contribution in [2.45, 2.75) is 71.0 Å². The zero-order valence-corrected chi connectivity index (χ0v) is 13.2. The molecule has 1 amide bonds. The van der Waals surface area contributed by atoms with Crippen molar-refractivity contribution in [1.29, 1.82) is 0 Å². The summed E-state index contributed by atoms with van der Waals surface area (Å²) in [5, 5.41) is 3.52. The summed E-state index contributed by atoms with van der Waals surface area (Å²) in [4.78, 5) is 17.1. The van der Waals surface area contributed by atoms with Crippen molar-refractivity contribution in [3.63, 3.8) is 0 Å².